The van der Waals surface area contributed by atoms with Gasteiger partial charge >= 0.3 is 5.69 Å². The number of carbonyl (C=O) groups excluding carboxylic acids is 1. The van der Waals surface area contributed by atoms with Crippen LogP contribution < -0.4 is 0 Å². The van der Waals surface area contributed by atoms with Crippen LogP contribution in [0.2, 0.25) is 5.02 Å². The van der Waals surface area contributed by atoms with Gasteiger partial charge in [-0.15, -0.1) is 0 Å². The summed E-state index contributed by atoms with van der Waals surface area (Å²) in [5.41, 5.74) is 0.972. The molecule has 1 aliphatic heterocycles. The molecule has 1 aromatic carbocycles. The van der Waals surface area contributed by atoms with Gasteiger partial charge in [-0.2, -0.15) is 5.10 Å². The Hall–Kier alpha value is -2.45. The molecule has 2 heterocycles. The van der Waals surface area contributed by atoms with Crippen LogP contribution >= 0.6 is 11.6 Å². The van der Waals surface area contributed by atoms with E-state index in [2.05, 4.69) is 10.00 Å². The zero-order valence-electron chi connectivity index (χ0n) is 15.1. The van der Waals surface area contributed by atoms with Gasteiger partial charge in [0.05, 0.1) is 4.92 Å². The van der Waals surface area contributed by atoms with Crippen molar-refractivity contribution < 1.29 is 9.72 Å². The van der Waals surface area contributed by atoms with Crippen molar-refractivity contribution in [3.8, 4) is 0 Å². The molecule has 1 unspecified atom stereocenters. The Morgan fingerprint density at radius 1 is 1.30 bits per heavy atom. The minimum atomic E-state index is -0.520. The molecule has 0 saturated carbocycles. The molecule has 27 heavy (non-hydrogen) atoms. The van der Waals surface area contributed by atoms with Crippen LogP contribution in [0.1, 0.15) is 24.9 Å². The number of hydrogen-bond donors (Lipinski definition) is 0. The Bertz CT molecular complexity index is 817. The molecule has 1 aromatic heterocycles. The first-order valence-electron chi connectivity index (χ1n) is 8.92. The lowest BCUT2D eigenvalue weighted by Crippen LogP contribution is -2.50. The van der Waals surface area contributed by atoms with Crippen LogP contribution in [0.25, 0.3) is 0 Å². The van der Waals surface area contributed by atoms with Crippen LogP contribution in [0.5, 0.6) is 0 Å². The Balaban J connectivity index is 1.59. The zero-order chi connectivity index (χ0) is 19.4. The molecule has 1 atom stereocenters. The minimum Gasteiger partial charge on any atom is -0.338 e. The molecule has 0 radical (unpaired) electrons. The van der Waals surface area contributed by atoms with Crippen molar-refractivity contribution in [3.63, 3.8) is 0 Å². The molecule has 0 N–H and O–H groups in total. The van der Waals surface area contributed by atoms with Gasteiger partial charge in [0.1, 0.15) is 18.4 Å². The van der Waals surface area contributed by atoms with Crippen molar-refractivity contribution in [1.82, 2.24) is 19.6 Å². The lowest BCUT2D eigenvalue weighted by atomic mass is 10.1. The smallest absolute Gasteiger partial charge is 0.307 e. The van der Waals surface area contributed by atoms with Crippen LogP contribution in [0.3, 0.4) is 0 Å². The number of piperazine rings is 1. The molecule has 1 aliphatic rings. The standard InChI is InChI=1S/C18H22ClN5O3/c1-2-17(23-13-15(11-20-23)24(26)27)18(25)22-9-7-21(8-10-22)12-14-5-3-4-6-16(14)19/h3-6,11,13,17H,2,7-10,12H2,1H3. The third kappa shape index (κ3) is 4.45. The quantitative estimate of drug-likeness (QED) is 0.558. The fourth-order valence-corrected chi connectivity index (χ4v) is 3.47. The van der Waals surface area contributed by atoms with E-state index in [1.54, 1.807) is 0 Å². The van der Waals surface area contributed by atoms with Gasteiger partial charge in [-0.05, 0) is 18.1 Å². The first kappa shape index (κ1) is 19.3. The van der Waals surface area contributed by atoms with Gasteiger partial charge in [-0.25, -0.2) is 0 Å². The zero-order valence-corrected chi connectivity index (χ0v) is 15.9. The van der Waals surface area contributed by atoms with Crippen molar-refractivity contribution >= 4 is 23.2 Å². The Kier molecular flexibility index (Phi) is 6.08. The topological polar surface area (TPSA) is 84.5 Å². The minimum absolute atomic E-state index is 0.0482. The number of nitro groups is 1. The van der Waals surface area contributed by atoms with E-state index in [1.807, 2.05) is 36.1 Å². The molecular formula is C18H22ClN5O3. The van der Waals surface area contributed by atoms with E-state index < -0.39 is 11.0 Å². The maximum Gasteiger partial charge on any atom is 0.307 e. The molecule has 144 valence electrons. The highest BCUT2D eigenvalue weighted by molar-refractivity contribution is 6.31. The van der Waals surface area contributed by atoms with E-state index in [0.29, 0.717) is 19.5 Å². The van der Waals surface area contributed by atoms with Crippen LogP contribution in [-0.2, 0) is 11.3 Å². The molecule has 1 saturated heterocycles. The maximum atomic E-state index is 12.9. The number of aromatic nitrogens is 2. The summed E-state index contributed by atoms with van der Waals surface area (Å²) in [5.74, 6) is -0.0482. The highest BCUT2D eigenvalue weighted by Crippen LogP contribution is 2.21. The lowest BCUT2D eigenvalue weighted by molar-refractivity contribution is -0.385. The summed E-state index contributed by atoms with van der Waals surface area (Å²) in [6.07, 6.45) is 3.02. The molecule has 0 aliphatic carbocycles. The molecule has 0 bridgehead atoms. The largest absolute Gasteiger partial charge is 0.338 e. The first-order chi connectivity index (χ1) is 13.0. The molecule has 0 spiro atoms. The van der Waals surface area contributed by atoms with Gasteiger partial charge in [-0.1, -0.05) is 36.7 Å². The van der Waals surface area contributed by atoms with Gasteiger partial charge in [0.25, 0.3) is 0 Å². The maximum absolute atomic E-state index is 12.9. The first-order valence-corrected chi connectivity index (χ1v) is 9.30. The van der Waals surface area contributed by atoms with Crippen molar-refractivity contribution in [2.75, 3.05) is 26.2 Å². The van der Waals surface area contributed by atoms with E-state index in [-0.39, 0.29) is 11.6 Å². The number of nitrogens with zero attached hydrogens (tertiary/aromatic N) is 5. The Labute approximate surface area is 162 Å². The molecule has 3 rings (SSSR count). The van der Waals surface area contributed by atoms with Gasteiger partial charge < -0.3 is 4.90 Å². The highest BCUT2D eigenvalue weighted by Gasteiger charge is 2.29. The van der Waals surface area contributed by atoms with Crippen LogP contribution in [-0.4, -0.2) is 56.6 Å². The molecule has 2 aromatic rings. The normalized spacial score (nSPS) is 16.3. The number of benzene rings is 1. The van der Waals surface area contributed by atoms with Crippen molar-refractivity contribution in [3.05, 3.63) is 57.4 Å². The molecular weight excluding hydrogens is 370 g/mol. The number of carbonyl (C=O) groups is 1. The average molecular weight is 392 g/mol. The summed E-state index contributed by atoms with van der Waals surface area (Å²) in [6, 6.07) is 7.25. The Morgan fingerprint density at radius 2 is 2.00 bits per heavy atom. The summed E-state index contributed by atoms with van der Waals surface area (Å²) in [4.78, 5) is 27.3. The fourth-order valence-electron chi connectivity index (χ4n) is 3.27. The summed E-state index contributed by atoms with van der Waals surface area (Å²) in [6.45, 7) is 5.37. The summed E-state index contributed by atoms with van der Waals surface area (Å²) in [7, 11) is 0. The van der Waals surface area contributed by atoms with E-state index in [9.17, 15) is 14.9 Å². The van der Waals surface area contributed by atoms with E-state index in [0.717, 1.165) is 30.2 Å². The van der Waals surface area contributed by atoms with E-state index in [4.69, 9.17) is 11.6 Å². The number of halogens is 1. The highest BCUT2D eigenvalue weighted by atomic mass is 35.5. The van der Waals surface area contributed by atoms with Crippen molar-refractivity contribution in [1.29, 1.82) is 0 Å². The number of rotatable bonds is 6. The third-order valence-electron chi connectivity index (χ3n) is 4.83. The second-order valence-corrected chi connectivity index (χ2v) is 6.96. The summed E-state index contributed by atoms with van der Waals surface area (Å²) >= 11 is 6.23. The summed E-state index contributed by atoms with van der Waals surface area (Å²) in [5, 5.41) is 15.6. The monoisotopic (exact) mass is 391 g/mol. The fraction of sp³-hybridized carbons (Fsp3) is 0.444. The number of amides is 1. The summed E-state index contributed by atoms with van der Waals surface area (Å²) < 4.78 is 1.40. The SMILES string of the molecule is CCC(C(=O)N1CCN(Cc2ccccc2Cl)CC1)n1cc([N+](=O)[O-])cn1. The molecule has 1 fully saturated rings. The van der Waals surface area contributed by atoms with Crippen molar-refractivity contribution in [2.24, 2.45) is 0 Å². The van der Waals surface area contributed by atoms with E-state index >= 15 is 0 Å². The van der Waals surface area contributed by atoms with Gasteiger partial charge in [0.15, 0.2) is 0 Å². The second-order valence-electron chi connectivity index (χ2n) is 6.55. The van der Waals surface area contributed by atoms with Gasteiger partial charge in [0.2, 0.25) is 5.91 Å². The molecule has 8 nitrogen and oxygen atoms in total. The molecule has 1 amide bonds. The molecule has 9 heteroatoms. The van der Waals surface area contributed by atoms with Crippen molar-refractivity contribution in [2.45, 2.75) is 25.9 Å². The number of hydrogen-bond acceptors (Lipinski definition) is 5. The van der Waals surface area contributed by atoms with Crippen LogP contribution in [0, 0.1) is 10.1 Å². The predicted molar refractivity (Wildman–Crippen MR) is 102 cm³/mol. The van der Waals surface area contributed by atoms with Crippen LogP contribution in [0.15, 0.2) is 36.7 Å². The predicted octanol–water partition coefficient (Wildman–Crippen LogP) is 2.74. The van der Waals surface area contributed by atoms with E-state index in [1.165, 1.54) is 17.1 Å². The average Bonchev–Trinajstić information content (AvgIpc) is 3.15. The van der Waals surface area contributed by atoms with Gasteiger partial charge in [-0.3, -0.25) is 24.5 Å². The van der Waals surface area contributed by atoms with Crippen LogP contribution in [0.4, 0.5) is 5.69 Å². The second kappa shape index (κ2) is 8.49. The third-order valence-corrected chi connectivity index (χ3v) is 5.19. The Morgan fingerprint density at radius 3 is 2.59 bits per heavy atom. The lowest BCUT2D eigenvalue weighted by Gasteiger charge is -2.36. The van der Waals surface area contributed by atoms with Gasteiger partial charge in [0, 0.05) is 37.7 Å².